The number of fused-ring (bicyclic) bond motifs is 1. The summed E-state index contributed by atoms with van der Waals surface area (Å²) in [6.45, 7) is 11.6. The lowest BCUT2D eigenvalue weighted by molar-refractivity contribution is -0.0566. The third-order valence-electron chi connectivity index (χ3n) is 6.21. The topological polar surface area (TPSA) is 95.2 Å². The van der Waals surface area contributed by atoms with Crippen LogP contribution in [0, 0.1) is 5.82 Å². The van der Waals surface area contributed by atoms with Crippen molar-refractivity contribution in [1.29, 1.82) is 0 Å². The van der Waals surface area contributed by atoms with Gasteiger partial charge < -0.3 is 15.3 Å². The molecule has 0 fully saturated rings. The normalized spacial score (nSPS) is 20.2. The van der Waals surface area contributed by atoms with Crippen molar-refractivity contribution in [2.24, 2.45) is 4.99 Å². The standard InChI is InChI=1S/C23H29FN6O3/c1-14(25-12-16-6-8-17(24)9-7-16)19-20(31)21(32)30-11-10-29(23(3,4)22(30)27-19)13-18-26-15(2)28(5)33-18/h6-9,15,25,31H,1,10-13H2,2-5H3. The van der Waals surface area contributed by atoms with Gasteiger partial charge in [-0.25, -0.2) is 14.4 Å². The molecule has 1 aromatic carbocycles. The van der Waals surface area contributed by atoms with Gasteiger partial charge in [0.1, 0.15) is 23.5 Å². The Morgan fingerprint density at radius 1 is 1.33 bits per heavy atom. The number of halogens is 1. The van der Waals surface area contributed by atoms with E-state index in [1.165, 1.54) is 16.7 Å². The Morgan fingerprint density at radius 2 is 2.03 bits per heavy atom. The molecule has 0 saturated carbocycles. The molecule has 2 aromatic rings. The van der Waals surface area contributed by atoms with E-state index in [4.69, 9.17) is 4.84 Å². The van der Waals surface area contributed by atoms with Gasteiger partial charge >= 0.3 is 0 Å². The lowest BCUT2D eigenvalue weighted by Crippen LogP contribution is -2.54. The third kappa shape index (κ3) is 4.36. The van der Waals surface area contributed by atoms with Gasteiger partial charge in [-0.15, -0.1) is 5.06 Å². The molecule has 10 heteroatoms. The zero-order valence-corrected chi connectivity index (χ0v) is 19.3. The third-order valence-corrected chi connectivity index (χ3v) is 6.21. The smallest absolute Gasteiger partial charge is 0.296 e. The van der Waals surface area contributed by atoms with Crippen molar-refractivity contribution < 1.29 is 14.3 Å². The molecule has 2 aliphatic heterocycles. The van der Waals surface area contributed by atoms with Crippen LogP contribution < -0.4 is 10.9 Å². The quantitative estimate of drug-likeness (QED) is 0.687. The SMILES string of the molecule is C=C(NCc1ccc(F)cc1)c1nc2n(c(=O)c1O)CCN(CC1=NC(C)N(C)O1)C2(C)C. The van der Waals surface area contributed by atoms with Crippen LogP contribution >= 0.6 is 0 Å². The van der Waals surface area contributed by atoms with Crippen LogP contribution in [0.1, 0.15) is 37.9 Å². The first-order valence-corrected chi connectivity index (χ1v) is 10.8. The van der Waals surface area contributed by atoms with Crippen molar-refractivity contribution in [3.63, 3.8) is 0 Å². The van der Waals surface area contributed by atoms with Crippen LogP contribution in [0.4, 0.5) is 4.39 Å². The first kappa shape index (κ1) is 22.9. The molecule has 0 saturated heterocycles. The molecule has 4 rings (SSSR count). The molecule has 33 heavy (non-hydrogen) atoms. The van der Waals surface area contributed by atoms with Crippen molar-refractivity contribution in [3.8, 4) is 5.75 Å². The van der Waals surface area contributed by atoms with E-state index < -0.39 is 16.8 Å². The molecule has 0 spiro atoms. The Kier molecular flexibility index (Phi) is 5.98. The number of aromatic hydroxyl groups is 1. The van der Waals surface area contributed by atoms with Gasteiger partial charge in [0.25, 0.3) is 5.56 Å². The molecule has 0 bridgehead atoms. The van der Waals surface area contributed by atoms with Crippen LogP contribution in [-0.2, 0) is 23.5 Å². The number of aromatic nitrogens is 2. The summed E-state index contributed by atoms with van der Waals surface area (Å²) in [7, 11) is 1.83. The number of nitrogens with zero attached hydrogens (tertiary/aromatic N) is 5. The Morgan fingerprint density at radius 3 is 2.67 bits per heavy atom. The van der Waals surface area contributed by atoms with Crippen molar-refractivity contribution in [2.75, 3.05) is 20.1 Å². The van der Waals surface area contributed by atoms with Crippen molar-refractivity contribution in [2.45, 2.75) is 45.6 Å². The maximum atomic E-state index is 13.1. The van der Waals surface area contributed by atoms with Crippen molar-refractivity contribution in [3.05, 3.63) is 64.1 Å². The number of nitrogens with one attached hydrogen (secondary N) is 1. The van der Waals surface area contributed by atoms with Crippen molar-refractivity contribution in [1.82, 2.24) is 24.8 Å². The minimum Gasteiger partial charge on any atom is -0.501 e. The molecule has 2 aliphatic rings. The number of hydrogen-bond donors (Lipinski definition) is 2. The van der Waals surface area contributed by atoms with Gasteiger partial charge in [0, 0.05) is 26.7 Å². The van der Waals surface area contributed by atoms with Gasteiger partial charge in [0.05, 0.1) is 17.8 Å². The summed E-state index contributed by atoms with van der Waals surface area (Å²) >= 11 is 0. The van der Waals surface area contributed by atoms with E-state index >= 15 is 0 Å². The first-order valence-electron chi connectivity index (χ1n) is 10.8. The molecular formula is C23H29FN6O3. The number of hydrogen-bond acceptors (Lipinski definition) is 8. The van der Waals surface area contributed by atoms with Crippen LogP contribution in [0.2, 0.25) is 0 Å². The van der Waals surface area contributed by atoms with E-state index in [9.17, 15) is 14.3 Å². The first-order chi connectivity index (χ1) is 15.6. The van der Waals surface area contributed by atoms with Gasteiger partial charge in [-0.3, -0.25) is 14.3 Å². The summed E-state index contributed by atoms with van der Waals surface area (Å²) in [4.78, 5) is 30.0. The Labute approximate surface area is 191 Å². The summed E-state index contributed by atoms with van der Waals surface area (Å²) in [5, 5.41) is 15.3. The fraction of sp³-hybridized carbons (Fsp3) is 0.435. The highest BCUT2D eigenvalue weighted by atomic mass is 19.1. The molecule has 0 aliphatic carbocycles. The van der Waals surface area contributed by atoms with E-state index in [1.54, 1.807) is 17.2 Å². The molecule has 176 valence electrons. The zero-order chi connectivity index (χ0) is 23.9. The Balaban J connectivity index is 1.59. The van der Waals surface area contributed by atoms with E-state index in [0.717, 1.165) is 5.56 Å². The number of rotatable bonds is 6. The Bertz CT molecular complexity index is 1160. The molecule has 1 unspecified atom stereocenters. The second-order valence-corrected chi connectivity index (χ2v) is 8.82. The molecule has 1 atom stereocenters. The molecule has 1 aromatic heterocycles. The van der Waals surface area contributed by atoms with Gasteiger partial charge in [0.15, 0.2) is 0 Å². The average molecular weight is 457 g/mol. The van der Waals surface area contributed by atoms with Crippen molar-refractivity contribution >= 4 is 11.6 Å². The van der Waals surface area contributed by atoms with E-state index in [2.05, 4.69) is 26.8 Å². The Hall–Kier alpha value is -3.24. The van der Waals surface area contributed by atoms with E-state index in [1.807, 2.05) is 27.8 Å². The van der Waals surface area contributed by atoms with Gasteiger partial charge in [-0.2, -0.15) is 0 Å². The lowest BCUT2D eigenvalue weighted by atomic mass is 9.98. The lowest BCUT2D eigenvalue weighted by Gasteiger charge is -2.42. The highest BCUT2D eigenvalue weighted by molar-refractivity contribution is 5.79. The van der Waals surface area contributed by atoms with Gasteiger partial charge in [0.2, 0.25) is 11.6 Å². The highest BCUT2D eigenvalue weighted by Crippen LogP contribution is 2.32. The minimum absolute atomic E-state index is 0.0556. The van der Waals surface area contributed by atoms with E-state index in [0.29, 0.717) is 43.6 Å². The molecule has 2 N–H and O–H groups in total. The van der Waals surface area contributed by atoms with Crippen LogP contribution in [0.5, 0.6) is 5.75 Å². The number of aliphatic imine (C=N–C) groups is 1. The summed E-state index contributed by atoms with van der Waals surface area (Å²) in [6, 6.07) is 6.04. The number of benzene rings is 1. The predicted molar refractivity (Wildman–Crippen MR) is 123 cm³/mol. The molecular weight excluding hydrogens is 427 g/mol. The summed E-state index contributed by atoms with van der Waals surface area (Å²) in [5.41, 5.74) is 0.105. The second kappa shape index (κ2) is 8.60. The molecule has 3 heterocycles. The average Bonchev–Trinajstić information content (AvgIpc) is 3.09. The molecule has 0 radical (unpaired) electrons. The second-order valence-electron chi connectivity index (χ2n) is 8.82. The predicted octanol–water partition coefficient (Wildman–Crippen LogP) is 2.02. The summed E-state index contributed by atoms with van der Waals surface area (Å²) in [6.07, 6.45) is -0.0556. The highest BCUT2D eigenvalue weighted by Gasteiger charge is 2.40. The molecule has 0 amide bonds. The number of hydroxylamine groups is 2. The summed E-state index contributed by atoms with van der Waals surface area (Å²) < 4.78 is 14.6. The van der Waals surface area contributed by atoms with Crippen LogP contribution in [-0.4, -0.2) is 56.8 Å². The maximum absolute atomic E-state index is 13.1. The largest absolute Gasteiger partial charge is 0.501 e. The van der Waals surface area contributed by atoms with E-state index in [-0.39, 0.29) is 17.7 Å². The van der Waals surface area contributed by atoms with Crippen LogP contribution in [0.25, 0.3) is 5.70 Å². The monoisotopic (exact) mass is 456 g/mol. The molecule has 9 nitrogen and oxygen atoms in total. The van der Waals surface area contributed by atoms with Gasteiger partial charge in [-0.05, 0) is 38.5 Å². The van der Waals surface area contributed by atoms with Crippen LogP contribution in [0.15, 0.2) is 40.6 Å². The maximum Gasteiger partial charge on any atom is 0.296 e. The summed E-state index contributed by atoms with van der Waals surface area (Å²) in [5.74, 6) is 0.370. The fourth-order valence-electron chi connectivity index (χ4n) is 4.03. The van der Waals surface area contributed by atoms with Crippen LogP contribution in [0.3, 0.4) is 0 Å². The fourth-order valence-corrected chi connectivity index (χ4v) is 4.03. The minimum atomic E-state index is -0.632. The zero-order valence-electron chi connectivity index (χ0n) is 19.3. The van der Waals surface area contributed by atoms with Gasteiger partial charge in [-0.1, -0.05) is 18.7 Å².